The molecule has 0 aliphatic heterocycles. The van der Waals surface area contributed by atoms with Crippen LogP contribution in [0.1, 0.15) is 35.5 Å². The van der Waals surface area contributed by atoms with Crippen LogP contribution < -0.4 is 10.6 Å². The molecule has 7 heteroatoms. The highest BCUT2D eigenvalue weighted by Crippen LogP contribution is 2.15. The quantitative estimate of drug-likeness (QED) is 0.518. The number of aryl methyl sites for hydroxylation is 3. The van der Waals surface area contributed by atoms with Gasteiger partial charge in [-0.1, -0.05) is 18.2 Å². The van der Waals surface area contributed by atoms with Crippen LogP contribution in [0.2, 0.25) is 0 Å². The molecular formula is C20H26N6O. The van der Waals surface area contributed by atoms with E-state index in [2.05, 4.69) is 32.8 Å². The van der Waals surface area contributed by atoms with E-state index in [0.717, 1.165) is 40.9 Å². The molecule has 0 saturated carbocycles. The predicted octanol–water partition coefficient (Wildman–Crippen LogP) is 3.04. The SMILES string of the molecule is CCNC(=NCc1ccccc1-n1ccc(C)n1)NCc1nc(C)c(C)o1. The zero-order valence-electron chi connectivity index (χ0n) is 16.3. The fourth-order valence-corrected chi connectivity index (χ4v) is 2.70. The average Bonchev–Trinajstić information content (AvgIpc) is 3.23. The van der Waals surface area contributed by atoms with Gasteiger partial charge in [0.25, 0.3) is 0 Å². The molecule has 142 valence electrons. The second kappa shape index (κ2) is 8.53. The predicted molar refractivity (Wildman–Crippen MR) is 106 cm³/mol. The van der Waals surface area contributed by atoms with Gasteiger partial charge in [0.15, 0.2) is 5.96 Å². The Bertz CT molecular complexity index is 905. The summed E-state index contributed by atoms with van der Waals surface area (Å²) in [5, 5.41) is 11.0. The third-order valence-electron chi connectivity index (χ3n) is 4.19. The van der Waals surface area contributed by atoms with Crippen LogP contribution in [-0.2, 0) is 13.1 Å². The number of aliphatic imine (C=N–C) groups is 1. The number of aromatic nitrogens is 3. The summed E-state index contributed by atoms with van der Waals surface area (Å²) in [7, 11) is 0. The molecule has 0 aliphatic carbocycles. The Kier molecular flexibility index (Phi) is 5.90. The summed E-state index contributed by atoms with van der Waals surface area (Å²) in [6.07, 6.45) is 1.97. The molecular weight excluding hydrogens is 340 g/mol. The van der Waals surface area contributed by atoms with Gasteiger partial charge < -0.3 is 15.1 Å². The molecule has 2 aromatic heterocycles. The van der Waals surface area contributed by atoms with Crippen molar-refractivity contribution in [2.24, 2.45) is 4.99 Å². The van der Waals surface area contributed by atoms with Crippen molar-refractivity contribution in [1.29, 1.82) is 0 Å². The molecule has 0 fully saturated rings. The highest BCUT2D eigenvalue weighted by atomic mass is 16.4. The summed E-state index contributed by atoms with van der Waals surface area (Å²) in [4.78, 5) is 9.10. The summed E-state index contributed by atoms with van der Waals surface area (Å²) in [5.41, 5.74) is 4.03. The molecule has 0 amide bonds. The van der Waals surface area contributed by atoms with Gasteiger partial charge in [0.1, 0.15) is 5.76 Å². The Morgan fingerprint density at radius 2 is 1.96 bits per heavy atom. The van der Waals surface area contributed by atoms with E-state index in [1.165, 1.54) is 0 Å². The van der Waals surface area contributed by atoms with Crippen molar-refractivity contribution in [2.75, 3.05) is 6.54 Å². The van der Waals surface area contributed by atoms with Crippen molar-refractivity contribution < 1.29 is 4.42 Å². The molecule has 3 rings (SSSR count). The molecule has 0 aliphatic rings. The third-order valence-corrected chi connectivity index (χ3v) is 4.19. The molecule has 27 heavy (non-hydrogen) atoms. The first-order valence-corrected chi connectivity index (χ1v) is 9.12. The summed E-state index contributed by atoms with van der Waals surface area (Å²) in [6.45, 7) is 9.67. The Morgan fingerprint density at radius 3 is 2.63 bits per heavy atom. The van der Waals surface area contributed by atoms with Gasteiger partial charge in [-0.15, -0.1) is 0 Å². The van der Waals surface area contributed by atoms with Crippen LogP contribution in [0.15, 0.2) is 45.9 Å². The van der Waals surface area contributed by atoms with Crippen LogP contribution in [-0.4, -0.2) is 27.3 Å². The number of hydrogen-bond donors (Lipinski definition) is 2. The second-order valence-electron chi connectivity index (χ2n) is 6.33. The molecule has 2 heterocycles. The van der Waals surface area contributed by atoms with Crippen LogP contribution in [0.5, 0.6) is 0 Å². The van der Waals surface area contributed by atoms with Crippen molar-refractivity contribution in [2.45, 2.75) is 40.8 Å². The topological polar surface area (TPSA) is 80.3 Å². The van der Waals surface area contributed by atoms with Crippen LogP contribution >= 0.6 is 0 Å². The standard InChI is InChI=1S/C20H26N6O/c1-5-21-20(23-13-19-24-15(3)16(4)27-19)22-12-17-8-6-7-9-18(17)26-11-10-14(2)25-26/h6-11H,5,12-13H2,1-4H3,(H2,21,22,23). The normalized spacial score (nSPS) is 11.6. The average molecular weight is 366 g/mol. The monoisotopic (exact) mass is 366 g/mol. The minimum absolute atomic E-state index is 0.487. The summed E-state index contributed by atoms with van der Waals surface area (Å²) in [6, 6.07) is 10.1. The van der Waals surface area contributed by atoms with E-state index >= 15 is 0 Å². The van der Waals surface area contributed by atoms with Crippen LogP contribution in [0, 0.1) is 20.8 Å². The number of benzene rings is 1. The number of nitrogens with one attached hydrogen (secondary N) is 2. The van der Waals surface area contributed by atoms with E-state index in [1.54, 1.807) is 0 Å². The van der Waals surface area contributed by atoms with Crippen molar-refractivity contribution in [3.05, 3.63) is 65.1 Å². The number of para-hydroxylation sites is 1. The maximum atomic E-state index is 5.62. The third kappa shape index (κ3) is 4.75. The zero-order chi connectivity index (χ0) is 19.2. The lowest BCUT2D eigenvalue weighted by atomic mass is 10.2. The van der Waals surface area contributed by atoms with Crippen molar-refractivity contribution >= 4 is 5.96 Å². The van der Waals surface area contributed by atoms with Gasteiger partial charge >= 0.3 is 0 Å². The molecule has 7 nitrogen and oxygen atoms in total. The van der Waals surface area contributed by atoms with Gasteiger partial charge in [0, 0.05) is 12.7 Å². The molecule has 0 radical (unpaired) electrons. The minimum atomic E-state index is 0.487. The highest BCUT2D eigenvalue weighted by molar-refractivity contribution is 5.79. The maximum absolute atomic E-state index is 5.62. The van der Waals surface area contributed by atoms with E-state index in [0.29, 0.717) is 19.0 Å². The van der Waals surface area contributed by atoms with Gasteiger partial charge in [-0.3, -0.25) is 0 Å². The van der Waals surface area contributed by atoms with E-state index in [-0.39, 0.29) is 0 Å². The van der Waals surface area contributed by atoms with E-state index in [1.807, 2.05) is 56.8 Å². The first-order valence-electron chi connectivity index (χ1n) is 9.12. The molecule has 0 spiro atoms. The zero-order valence-corrected chi connectivity index (χ0v) is 16.3. The fraction of sp³-hybridized carbons (Fsp3) is 0.350. The fourth-order valence-electron chi connectivity index (χ4n) is 2.70. The molecule has 2 N–H and O–H groups in total. The highest BCUT2D eigenvalue weighted by Gasteiger charge is 2.08. The van der Waals surface area contributed by atoms with Gasteiger partial charge in [-0.25, -0.2) is 14.7 Å². The molecule has 1 aromatic carbocycles. The first-order chi connectivity index (χ1) is 13.1. The minimum Gasteiger partial charge on any atom is -0.444 e. The Hall–Kier alpha value is -3.09. The van der Waals surface area contributed by atoms with Crippen molar-refractivity contribution in [3.8, 4) is 5.69 Å². The molecule has 3 aromatic rings. The maximum Gasteiger partial charge on any atom is 0.214 e. The van der Waals surface area contributed by atoms with E-state index in [9.17, 15) is 0 Å². The lowest BCUT2D eigenvalue weighted by molar-refractivity contribution is 0.463. The van der Waals surface area contributed by atoms with E-state index in [4.69, 9.17) is 9.41 Å². The molecule has 0 unspecified atom stereocenters. The van der Waals surface area contributed by atoms with Crippen LogP contribution in [0.25, 0.3) is 5.69 Å². The van der Waals surface area contributed by atoms with Crippen molar-refractivity contribution in [3.63, 3.8) is 0 Å². The molecule has 0 atom stereocenters. The number of rotatable bonds is 6. The Balaban J connectivity index is 1.73. The number of guanidine groups is 1. The summed E-state index contributed by atoms with van der Waals surface area (Å²) in [5.74, 6) is 2.22. The molecule has 0 saturated heterocycles. The number of hydrogen-bond acceptors (Lipinski definition) is 4. The lowest BCUT2D eigenvalue weighted by Gasteiger charge is -2.11. The Labute approximate surface area is 159 Å². The van der Waals surface area contributed by atoms with Crippen LogP contribution in [0.4, 0.5) is 0 Å². The summed E-state index contributed by atoms with van der Waals surface area (Å²) < 4.78 is 7.50. The van der Waals surface area contributed by atoms with E-state index < -0.39 is 0 Å². The van der Waals surface area contributed by atoms with Crippen LogP contribution in [0.3, 0.4) is 0 Å². The Morgan fingerprint density at radius 1 is 1.15 bits per heavy atom. The largest absolute Gasteiger partial charge is 0.444 e. The lowest BCUT2D eigenvalue weighted by Crippen LogP contribution is -2.36. The first kappa shape index (κ1) is 18.7. The van der Waals surface area contributed by atoms with Gasteiger partial charge in [0.2, 0.25) is 5.89 Å². The van der Waals surface area contributed by atoms with Gasteiger partial charge in [0.05, 0.1) is 30.2 Å². The molecule has 0 bridgehead atoms. The van der Waals surface area contributed by atoms with Crippen molar-refractivity contribution in [1.82, 2.24) is 25.4 Å². The summed E-state index contributed by atoms with van der Waals surface area (Å²) >= 11 is 0. The second-order valence-corrected chi connectivity index (χ2v) is 6.33. The van der Waals surface area contributed by atoms with Gasteiger partial charge in [-0.2, -0.15) is 5.10 Å². The number of nitrogens with zero attached hydrogens (tertiary/aromatic N) is 4. The number of oxazole rings is 1. The van der Waals surface area contributed by atoms with Gasteiger partial charge in [-0.05, 0) is 45.4 Å². The smallest absolute Gasteiger partial charge is 0.214 e.